The fraction of sp³-hybridized carbons (Fsp3) is 0.321. The molecule has 1 heterocycles. The molecular formula is C28H32F2N2O2S. The molecule has 0 spiro atoms. The minimum Gasteiger partial charge on any atom is -0.497 e. The van der Waals surface area contributed by atoms with Crippen LogP contribution in [-0.4, -0.2) is 23.0 Å². The Balaban J connectivity index is 2.02. The highest BCUT2D eigenvalue weighted by Crippen LogP contribution is 2.37. The van der Waals surface area contributed by atoms with E-state index in [1.54, 1.807) is 26.2 Å². The smallest absolute Gasteiger partial charge is 0.383 e. The molecule has 0 aliphatic carbocycles. The van der Waals surface area contributed by atoms with Crippen LogP contribution < -0.4 is 9.64 Å². The predicted octanol–water partition coefficient (Wildman–Crippen LogP) is 6.88. The number of methoxy groups -OCH3 is 1. The molecule has 0 saturated carbocycles. The van der Waals surface area contributed by atoms with Crippen LogP contribution in [0.1, 0.15) is 41.2 Å². The van der Waals surface area contributed by atoms with Gasteiger partial charge in [-0.15, -0.1) is 18.3 Å². The molecule has 3 rings (SSSR count). The molecule has 35 heavy (non-hydrogen) atoms. The lowest BCUT2D eigenvalue weighted by molar-refractivity contribution is -0.211. The molecule has 0 atom stereocenters. The van der Waals surface area contributed by atoms with Gasteiger partial charge in [-0.25, -0.2) is 4.98 Å². The molecule has 0 fully saturated rings. The van der Waals surface area contributed by atoms with Gasteiger partial charge >= 0.3 is 6.11 Å². The van der Waals surface area contributed by atoms with E-state index in [2.05, 4.69) is 47.7 Å². The highest BCUT2D eigenvalue weighted by molar-refractivity contribution is 7.99. The molecule has 4 nitrogen and oxygen atoms in total. The van der Waals surface area contributed by atoms with Crippen LogP contribution in [0.15, 0.2) is 72.3 Å². The molecule has 0 aliphatic rings. The Morgan fingerprint density at radius 3 is 2.14 bits per heavy atom. The van der Waals surface area contributed by atoms with Gasteiger partial charge in [0, 0.05) is 18.8 Å². The zero-order valence-corrected chi connectivity index (χ0v) is 21.2. The topological polar surface area (TPSA) is 45.6 Å². The summed E-state index contributed by atoms with van der Waals surface area (Å²) in [7, 11) is 1.62. The highest BCUT2D eigenvalue weighted by atomic mass is 32.2. The van der Waals surface area contributed by atoms with Gasteiger partial charge in [-0.05, 0) is 53.8 Å². The Hall–Kier alpha value is -2.90. The summed E-state index contributed by atoms with van der Waals surface area (Å²) in [4.78, 5) is 6.64. The van der Waals surface area contributed by atoms with Crippen LogP contribution in [0.2, 0.25) is 0 Å². The molecule has 2 aromatic carbocycles. The average molecular weight is 499 g/mol. The van der Waals surface area contributed by atoms with Gasteiger partial charge < -0.3 is 14.7 Å². The summed E-state index contributed by atoms with van der Waals surface area (Å²) in [6, 6.07) is 17.8. The molecule has 3 aromatic rings. The average Bonchev–Trinajstić information content (AvgIpc) is 2.83. The number of hydrogen-bond acceptors (Lipinski definition) is 5. The third-order valence-electron chi connectivity index (χ3n) is 5.60. The van der Waals surface area contributed by atoms with Crippen molar-refractivity contribution in [2.75, 3.05) is 17.8 Å². The Kier molecular flexibility index (Phi) is 9.29. The third-order valence-corrected chi connectivity index (χ3v) is 6.57. The summed E-state index contributed by atoms with van der Waals surface area (Å²) in [5.41, 5.74) is 3.23. The standard InChI is InChI=1S/C28H32F2N2O2S/c1-5-7-21-8-10-22(11-9-21)18-32(19-23-12-14-24(34-4)15-13-23)25-17-20(3)26(28(29,30)33)27(31-25)35-16-6-2/h6,8-15,17,33H,2,5,7,16,18-19H2,1,3-4H3. The van der Waals surface area contributed by atoms with Crippen LogP contribution in [0.5, 0.6) is 5.75 Å². The summed E-state index contributed by atoms with van der Waals surface area (Å²) in [6.45, 7) is 8.47. The van der Waals surface area contributed by atoms with E-state index >= 15 is 0 Å². The van der Waals surface area contributed by atoms with Gasteiger partial charge in [-0.3, -0.25) is 0 Å². The number of thioether (sulfide) groups is 1. The van der Waals surface area contributed by atoms with Crippen molar-refractivity contribution in [3.05, 3.63) is 95.1 Å². The van der Waals surface area contributed by atoms with E-state index in [9.17, 15) is 13.9 Å². The van der Waals surface area contributed by atoms with Crippen LogP contribution in [0.4, 0.5) is 14.6 Å². The summed E-state index contributed by atoms with van der Waals surface area (Å²) >= 11 is 1.13. The molecule has 0 amide bonds. The minimum atomic E-state index is -3.98. The van der Waals surface area contributed by atoms with Crippen LogP contribution in [0.25, 0.3) is 0 Å². The molecule has 1 aromatic heterocycles. The number of ether oxygens (including phenoxy) is 1. The van der Waals surface area contributed by atoms with Gasteiger partial charge in [0.25, 0.3) is 0 Å². The lowest BCUT2D eigenvalue weighted by Crippen LogP contribution is -2.25. The minimum absolute atomic E-state index is 0.102. The van der Waals surface area contributed by atoms with Crippen molar-refractivity contribution in [3.63, 3.8) is 0 Å². The number of nitrogens with zero attached hydrogens (tertiary/aromatic N) is 2. The number of benzene rings is 2. The van der Waals surface area contributed by atoms with E-state index < -0.39 is 11.7 Å². The maximum absolute atomic E-state index is 14.1. The van der Waals surface area contributed by atoms with E-state index in [1.807, 2.05) is 24.3 Å². The number of halogens is 2. The van der Waals surface area contributed by atoms with Gasteiger partial charge in [0.2, 0.25) is 0 Å². The van der Waals surface area contributed by atoms with E-state index in [4.69, 9.17) is 4.74 Å². The van der Waals surface area contributed by atoms with Crippen LogP contribution >= 0.6 is 11.8 Å². The van der Waals surface area contributed by atoms with E-state index in [0.29, 0.717) is 24.7 Å². The van der Waals surface area contributed by atoms with Gasteiger partial charge in [0.1, 0.15) is 16.6 Å². The number of rotatable bonds is 12. The fourth-order valence-corrected chi connectivity index (χ4v) is 4.75. The van der Waals surface area contributed by atoms with Gasteiger partial charge in [0.15, 0.2) is 0 Å². The second kappa shape index (κ2) is 12.2. The van der Waals surface area contributed by atoms with Crippen molar-refractivity contribution in [1.82, 2.24) is 4.98 Å². The molecule has 0 aliphatic heterocycles. The number of aliphatic hydroxyl groups is 1. The Morgan fingerprint density at radius 2 is 1.63 bits per heavy atom. The number of aryl methyl sites for hydroxylation is 2. The van der Waals surface area contributed by atoms with Gasteiger partial charge in [-0.1, -0.05) is 55.8 Å². The number of hydrogen-bond donors (Lipinski definition) is 1. The first-order valence-corrected chi connectivity index (χ1v) is 12.5. The molecule has 1 N–H and O–H groups in total. The summed E-state index contributed by atoms with van der Waals surface area (Å²) in [5, 5.41) is 9.63. The molecule has 0 unspecified atom stereocenters. The van der Waals surface area contributed by atoms with Crippen molar-refractivity contribution < 1.29 is 18.6 Å². The van der Waals surface area contributed by atoms with Crippen molar-refractivity contribution in [3.8, 4) is 5.75 Å². The third kappa shape index (κ3) is 7.29. The molecule has 0 saturated heterocycles. The summed E-state index contributed by atoms with van der Waals surface area (Å²) < 4.78 is 33.4. The number of pyridine rings is 1. The van der Waals surface area contributed by atoms with Crippen molar-refractivity contribution in [1.29, 1.82) is 0 Å². The number of aromatic nitrogens is 1. The lowest BCUT2D eigenvalue weighted by Gasteiger charge is -2.27. The van der Waals surface area contributed by atoms with E-state index in [0.717, 1.165) is 41.5 Å². The molecular weight excluding hydrogens is 466 g/mol. The second-order valence-corrected chi connectivity index (χ2v) is 9.40. The Morgan fingerprint density at radius 1 is 1.06 bits per heavy atom. The van der Waals surface area contributed by atoms with Gasteiger partial charge in [0.05, 0.1) is 12.7 Å². The SMILES string of the molecule is C=CCSc1nc(N(Cc2ccc(CCC)cc2)Cc2ccc(OC)cc2)cc(C)c1C(O)(F)F. The van der Waals surface area contributed by atoms with Crippen molar-refractivity contribution in [2.45, 2.75) is 50.9 Å². The molecule has 7 heteroatoms. The zero-order valence-electron chi connectivity index (χ0n) is 20.4. The molecule has 0 bridgehead atoms. The van der Waals surface area contributed by atoms with Crippen molar-refractivity contribution >= 4 is 17.6 Å². The second-order valence-electron chi connectivity index (χ2n) is 8.39. The van der Waals surface area contributed by atoms with E-state index in [-0.39, 0.29) is 10.6 Å². The number of anilines is 1. The fourth-order valence-electron chi connectivity index (χ4n) is 3.89. The highest BCUT2D eigenvalue weighted by Gasteiger charge is 2.34. The largest absolute Gasteiger partial charge is 0.497 e. The first-order chi connectivity index (χ1) is 16.7. The normalized spacial score (nSPS) is 11.4. The first kappa shape index (κ1) is 26.7. The van der Waals surface area contributed by atoms with Crippen LogP contribution in [0.3, 0.4) is 0 Å². The van der Waals surface area contributed by atoms with Crippen molar-refractivity contribution in [2.24, 2.45) is 0 Å². The Labute approximate surface area is 210 Å². The monoisotopic (exact) mass is 498 g/mol. The van der Waals surface area contributed by atoms with Crippen LogP contribution in [-0.2, 0) is 25.6 Å². The maximum atomic E-state index is 14.1. The predicted molar refractivity (Wildman–Crippen MR) is 139 cm³/mol. The van der Waals surface area contributed by atoms with E-state index in [1.165, 1.54) is 5.56 Å². The van der Waals surface area contributed by atoms with Gasteiger partial charge in [-0.2, -0.15) is 8.78 Å². The molecule has 0 radical (unpaired) electrons. The lowest BCUT2D eigenvalue weighted by atomic mass is 10.1. The molecule has 186 valence electrons. The maximum Gasteiger partial charge on any atom is 0.383 e. The number of alkyl halides is 2. The Bertz CT molecular complexity index is 1110. The zero-order chi connectivity index (χ0) is 25.4. The quantitative estimate of drug-likeness (QED) is 0.218. The summed E-state index contributed by atoms with van der Waals surface area (Å²) in [5.74, 6) is 1.73. The first-order valence-electron chi connectivity index (χ1n) is 11.6. The van der Waals surface area contributed by atoms with Crippen LogP contribution in [0, 0.1) is 6.92 Å². The summed E-state index contributed by atoms with van der Waals surface area (Å²) in [6.07, 6.45) is -0.244.